The molecule has 17 heavy (non-hydrogen) atoms. The first-order valence-electron chi connectivity index (χ1n) is 5.98. The van der Waals surface area contributed by atoms with Crippen molar-refractivity contribution in [1.82, 2.24) is 0 Å². The van der Waals surface area contributed by atoms with Crippen LogP contribution >= 0.6 is 15.7 Å². The summed E-state index contributed by atoms with van der Waals surface area (Å²) in [6.45, 7) is 13.2. The molecule has 0 aromatic carbocycles. The Bertz CT molecular complexity index is 244. The van der Waals surface area contributed by atoms with Gasteiger partial charge in [-0.1, -0.05) is 0 Å². The van der Waals surface area contributed by atoms with Crippen LogP contribution in [0.4, 0.5) is 0 Å². The van der Waals surface area contributed by atoms with E-state index in [1.165, 1.54) is 0 Å². The van der Waals surface area contributed by atoms with E-state index in [0.29, 0.717) is 5.90 Å². The lowest BCUT2D eigenvalue weighted by Crippen LogP contribution is -2.09. The zero-order valence-corrected chi connectivity index (χ0v) is 13.8. The van der Waals surface area contributed by atoms with Crippen LogP contribution in [-0.2, 0) is 18.1 Å². The van der Waals surface area contributed by atoms with Crippen LogP contribution in [0.1, 0.15) is 41.5 Å². The molecule has 0 radical (unpaired) electrons. The average molecular weight is 284 g/mol. The van der Waals surface area contributed by atoms with Crippen LogP contribution in [0.25, 0.3) is 0 Å². The summed E-state index contributed by atoms with van der Waals surface area (Å²) in [6, 6.07) is 0. The van der Waals surface area contributed by atoms with Gasteiger partial charge in [0.05, 0.1) is 24.2 Å². The highest BCUT2D eigenvalue weighted by molar-refractivity contribution is 7.71. The lowest BCUT2D eigenvalue weighted by molar-refractivity contribution is 0.178. The van der Waals surface area contributed by atoms with Gasteiger partial charge >= 0.3 is 0 Å². The molecule has 0 aliphatic rings. The Morgan fingerprint density at radius 2 is 1.35 bits per heavy atom. The van der Waals surface area contributed by atoms with Gasteiger partial charge < -0.3 is 13.6 Å². The quantitative estimate of drug-likeness (QED) is 0.618. The minimum Gasteiger partial charge on any atom is -0.331 e. The first kappa shape index (κ1) is 17.5. The van der Waals surface area contributed by atoms with Crippen LogP contribution in [0.5, 0.6) is 0 Å². The Morgan fingerprint density at radius 1 is 0.941 bits per heavy atom. The van der Waals surface area contributed by atoms with Gasteiger partial charge in [-0.25, -0.2) is 0 Å². The number of rotatable bonds is 8. The van der Waals surface area contributed by atoms with Crippen molar-refractivity contribution in [3.63, 3.8) is 0 Å². The number of hydrogen-bond donors (Lipinski definition) is 0. The summed E-state index contributed by atoms with van der Waals surface area (Å²) in [6.07, 6.45) is 0.0959. The SMILES string of the molecule is CC(C)OP(CP(C)(=O)OC(C)C)OC(C)C. The van der Waals surface area contributed by atoms with E-state index in [9.17, 15) is 4.57 Å². The highest BCUT2D eigenvalue weighted by Crippen LogP contribution is 2.57. The molecule has 0 saturated carbocycles. The van der Waals surface area contributed by atoms with Crippen molar-refractivity contribution >= 4 is 15.7 Å². The van der Waals surface area contributed by atoms with E-state index in [4.69, 9.17) is 13.6 Å². The van der Waals surface area contributed by atoms with Crippen molar-refractivity contribution in [3.05, 3.63) is 0 Å². The number of hydrogen-bond acceptors (Lipinski definition) is 4. The molecule has 0 amide bonds. The minimum absolute atomic E-state index is 0.0409. The molecule has 1 unspecified atom stereocenters. The Balaban J connectivity index is 4.45. The normalized spacial score (nSPS) is 16.2. The van der Waals surface area contributed by atoms with Crippen LogP contribution in [0.3, 0.4) is 0 Å². The third-order valence-electron chi connectivity index (χ3n) is 1.46. The van der Waals surface area contributed by atoms with Gasteiger partial charge in [-0.3, -0.25) is 4.57 Å². The van der Waals surface area contributed by atoms with Gasteiger partial charge in [-0.2, -0.15) is 0 Å². The van der Waals surface area contributed by atoms with Crippen molar-refractivity contribution < 1.29 is 18.1 Å². The smallest absolute Gasteiger partial charge is 0.209 e. The predicted octanol–water partition coefficient (Wildman–Crippen LogP) is 4.44. The largest absolute Gasteiger partial charge is 0.331 e. The molecule has 0 bridgehead atoms. The second-order valence-electron chi connectivity index (χ2n) is 4.95. The molecule has 1 atom stereocenters. The molecule has 0 aliphatic carbocycles. The van der Waals surface area contributed by atoms with Crippen LogP contribution in [0, 0.1) is 0 Å². The Kier molecular flexibility index (Phi) is 8.11. The van der Waals surface area contributed by atoms with Crippen molar-refractivity contribution in [3.8, 4) is 0 Å². The molecule has 0 aromatic rings. The molecule has 0 aromatic heterocycles. The van der Waals surface area contributed by atoms with Gasteiger partial charge in [0.1, 0.15) is 0 Å². The summed E-state index contributed by atoms with van der Waals surface area (Å²) in [4.78, 5) is 0. The van der Waals surface area contributed by atoms with E-state index in [1.54, 1.807) is 6.66 Å². The average Bonchev–Trinajstić information content (AvgIpc) is 1.95. The van der Waals surface area contributed by atoms with Crippen molar-refractivity contribution in [2.24, 2.45) is 0 Å². The molecule has 0 spiro atoms. The van der Waals surface area contributed by atoms with E-state index in [-0.39, 0.29) is 18.3 Å². The Morgan fingerprint density at radius 3 is 1.65 bits per heavy atom. The van der Waals surface area contributed by atoms with E-state index in [1.807, 2.05) is 41.5 Å². The molecular formula is C11H26O4P2. The fraction of sp³-hybridized carbons (Fsp3) is 1.00. The van der Waals surface area contributed by atoms with Crippen LogP contribution in [0.15, 0.2) is 0 Å². The van der Waals surface area contributed by atoms with Gasteiger partial charge in [-0.05, 0) is 41.5 Å². The summed E-state index contributed by atoms with van der Waals surface area (Å²) in [5.41, 5.74) is 0. The molecule has 104 valence electrons. The third-order valence-corrected chi connectivity index (χ3v) is 6.62. The Labute approximate surface area is 107 Å². The van der Waals surface area contributed by atoms with Gasteiger partial charge in [0.15, 0.2) is 8.38 Å². The maximum Gasteiger partial charge on any atom is 0.209 e. The lowest BCUT2D eigenvalue weighted by Gasteiger charge is -2.25. The van der Waals surface area contributed by atoms with E-state index < -0.39 is 15.7 Å². The topological polar surface area (TPSA) is 44.8 Å². The highest BCUT2D eigenvalue weighted by atomic mass is 31.2. The molecule has 6 heteroatoms. The first-order chi connectivity index (χ1) is 7.62. The molecule has 0 saturated heterocycles. The third kappa shape index (κ3) is 10.2. The zero-order valence-electron chi connectivity index (χ0n) is 12.0. The standard InChI is InChI=1S/C11H26O4P2/c1-9(2)13-16(14-10(3)4)8-17(7,12)15-11(5)6/h9-11H,8H2,1-7H3. The second kappa shape index (κ2) is 7.86. The van der Waals surface area contributed by atoms with Gasteiger partial charge in [0.25, 0.3) is 0 Å². The maximum absolute atomic E-state index is 12.2. The summed E-state index contributed by atoms with van der Waals surface area (Å²) in [7, 11) is -3.78. The Hall–Kier alpha value is 0.540. The lowest BCUT2D eigenvalue weighted by atomic mass is 10.5. The van der Waals surface area contributed by atoms with Crippen LogP contribution < -0.4 is 0 Å². The summed E-state index contributed by atoms with van der Waals surface area (Å²) in [5.74, 6) is 0.358. The molecule has 0 fully saturated rings. The van der Waals surface area contributed by atoms with Gasteiger partial charge in [0, 0.05) is 6.66 Å². The van der Waals surface area contributed by atoms with Crippen molar-refractivity contribution in [2.45, 2.75) is 59.9 Å². The van der Waals surface area contributed by atoms with Crippen molar-refractivity contribution in [1.29, 1.82) is 0 Å². The summed E-state index contributed by atoms with van der Waals surface area (Å²) >= 11 is 0. The fourth-order valence-electron chi connectivity index (χ4n) is 1.25. The summed E-state index contributed by atoms with van der Waals surface area (Å²) < 4.78 is 29.0. The molecule has 0 aliphatic heterocycles. The zero-order chi connectivity index (χ0) is 13.6. The highest BCUT2D eigenvalue weighted by Gasteiger charge is 2.27. The monoisotopic (exact) mass is 284 g/mol. The summed E-state index contributed by atoms with van der Waals surface area (Å²) in [5, 5.41) is 0. The van der Waals surface area contributed by atoms with Gasteiger partial charge in [0.2, 0.25) is 7.37 Å². The minimum atomic E-state index is -2.64. The molecule has 0 N–H and O–H groups in total. The first-order valence-corrected chi connectivity index (χ1v) is 9.60. The van der Waals surface area contributed by atoms with E-state index in [0.717, 1.165) is 0 Å². The maximum atomic E-state index is 12.2. The van der Waals surface area contributed by atoms with E-state index >= 15 is 0 Å². The van der Waals surface area contributed by atoms with Crippen LogP contribution in [-0.4, -0.2) is 30.9 Å². The molecule has 0 heterocycles. The van der Waals surface area contributed by atoms with Gasteiger partial charge in [-0.15, -0.1) is 0 Å². The van der Waals surface area contributed by atoms with Crippen molar-refractivity contribution in [2.75, 3.05) is 12.6 Å². The van der Waals surface area contributed by atoms with E-state index in [2.05, 4.69) is 0 Å². The molecular weight excluding hydrogens is 258 g/mol. The van der Waals surface area contributed by atoms with Crippen LogP contribution in [0.2, 0.25) is 0 Å². The molecule has 4 nitrogen and oxygen atoms in total. The fourth-order valence-corrected chi connectivity index (χ4v) is 5.61. The predicted molar refractivity (Wildman–Crippen MR) is 74.0 cm³/mol. The second-order valence-corrected chi connectivity index (χ2v) is 9.41. The molecule has 0 rings (SSSR count).